The summed E-state index contributed by atoms with van der Waals surface area (Å²) in [7, 11) is 5.88. The molecule has 0 aromatic rings. The van der Waals surface area contributed by atoms with Crippen molar-refractivity contribution in [1.29, 1.82) is 0 Å². The van der Waals surface area contributed by atoms with E-state index in [1.807, 2.05) is 21.1 Å². The Kier molecular flexibility index (Phi) is 56.3. The van der Waals surface area contributed by atoms with Crippen molar-refractivity contribution in [2.24, 2.45) is 0 Å². The summed E-state index contributed by atoms with van der Waals surface area (Å²) in [4.78, 5) is 37.3. The van der Waals surface area contributed by atoms with E-state index in [2.05, 4.69) is 196 Å². The van der Waals surface area contributed by atoms with E-state index in [-0.39, 0.29) is 38.6 Å². The summed E-state index contributed by atoms with van der Waals surface area (Å²) in [6.45, 7) is 4.42. The summed E-state index contributed by atoms with van der Waals surface area (Å²) in [5.74, 6) is -2.38. The molecule has 9 nitrogen and oxygen atoms in total. The van der Waals surface area contributed by atoms with E-state index in [0.29, 0.717) is 23.9 Å². The van der Waals surface area contributed by atoms with Crippen LogP contribution in [0.3, 0.4) is 0 Å². The summed E-state index contributed by atoms with van der Waals surface area (Å²) in [6, 6.07) is 0. The zero-order valence-corrected chi connectivity index (χ0v) is 51.3. The molecule has 0 spiro atoms. The second kappa shape index (κ2) is 60.5. The van der Waals surface area contributed by atoms with Crippen LogP contribution in [-0.2, 0) is 33.3 Å². The molecule has 0 aliphatic heterocycles. The van der Waals surface area contributed by atoms with Gasteiger partial charge in [0, 0.05) is 12.8 Å². The van der Waals surface area contributed by atoms with Gasteiger partial charge in [-0.05, 0) is 135 Å². The molecule has 0 aliphatic rings. The average Bonchev–Trinajstić information content (AvgIpc) is 3.44. The largest absolute Gasteiger partial charge is 0.545 e. The number of carboxylic acids is 1. The standard InChI is InChI=1S/C72H111NO8/c1-6-8-10-12-14-16-18-20-22-24-25-26-27-28-29-30-31-32-33-34-35-36-37-38-39-40-41-42-43-44-45-47-49-51-53-55-57-59-61-63-70(75)81-68(67-80-72(71(76)77)78-65-64-73(3,4)5)66-79-69(74)62-60-58-56-54-52-50-48-46-23-21-19-17-15-13-11-9-7-2/h8-11,14-17,20-23,25-26,28-29,31-32,34-35,37-38,40-41,43-44,47,49,53,55,68,72H,6-7,12-13,18-19,24,27,30,33,36,39,42,45-46,48,50-52,54,56-67H2,1-5H3/b10-8-,11-9-,16-14-,17-15-,22-20-,23-21-,26-25-,29-28-,32-31-,35-34-,38-37-,41-40-,44-43-,49-47-,55-53-. The zero-order valence-electron chi connectivity index (χ0n) is 51.3. The molecule has 452 valence electrons. The van der Waals surface area contributed by atoms with Gasteiger partial charge in [0.05, 0.1) is 40.3 Å². The quantitative estimate of drug-likeness (QED) is 0.0195. The molecule has 0 heterocycles. The van der Waals surface area contributed by atoms with Crippen LogP contribution in [0.1, 0.15) is 194 Å². The maximum absolute atomic E-state index is 12.9. The molecule has 0 saturated carbocycles. The molecule has 0 aromatic heterocycles. The molecule has 0 rings (SSSR count). The van der Waals surface area contributed by atoms with Crippen LogP contribution in [-0.4, -0.2) is 82.3 Å². The van der Waals surface area contributed by atoms with E-state index in [1.54, 1.807) is 0 Å². The summed E-state index contributed by atoms with van der Waals surface area (Å²) in [6.07, 6.45) is 89.6. The highest BCUT2D eigenvalue weighted by Crippen LogP contribution is 2.13. The fourth-order valence-electron chi connectivity index (χ4n) is 7.47. The number of esters is 2. The molecule has 0 amide bonds. The van der Waals surface area contributed by atoms with E-state index in [4.69, 9.17) is 18.9 Å². The molecular formula is C72H111NO8. The third-order valence-electron chi connectivity index (χ3n) is 12.1. The van der Waals surface area contributed by atoms with Gasteiger partial charge < -0.3 is 33.3 Å². The van der Waals surface area contributed by atoms with Gasteiger partial charge >= 0.3 is 11.9 Å². The van der Waals surface area contributed by atoms with Crippen LogP contribution >= 0.6 is 0 Å². The van der Waals surface area contributed by atoms with Gasteiger partial charge in [-0.25, -0.2) is 0 Å². The number of quaternary nitrogens is 1. The smallest absolute Gasteiger partial charge is 0.306 e. The van der Waals surface area contributed by atoms with Crippen molar-refractivity contribution in [1.82, 2.24) is 0 Å². The SMILES string of the molecule is CC/C=C\C/C=C\C/C=C\C/C=C\C/C=C\C/C=C\C/C=C\C/C=C\C/C=C\C/C=C\C/C=C\C/C=C\CCCCC(=O)OC(COC(=O)CCCCCCCCC/C=C\C/C=C\C/C=C\CC)COC(OCC[N+](C)(C)C)C(=O)[O-]. The molecule has 0 fully saturated rings. The first kappa shape index (κ1) is 75.4. The van der Waals surface area contributed by atoms with Crippen LogP contribution < -0.4 is 5.11 Å². The Morgan fingerprint density at radius 1 is 0.370 bits per heavy atom. The number of carbonyl (C=O) groups excluding carboxylic acids is 3. The van der Waals surface area contributed by atoms with Gasteiger partial charge in [-0.3, -0.25) is 9.59 Å². The zero-order chi connectivity index (χ0) is 59.1. The number of likely N-dealkylation sites (N-methyl/N-ethyl adjacent to an activating group) is 1. The molecule has 0 aliphatic carbocycles. The summed E-state index contributed by atoms with van der Waals surface area (Å²) >= 11 is 0. The Morgan fingerprint density at radius 2 is 0.667 bits per heavy atom. The molecule has 0 bridgehead atoms. The summed E-state index contributed by atoms with van der Waals surface area (Å²) in [5, 5.41) is 11.8. The van der Waals surface area contributed by atoms with Crippen LogP contribution in [0.2, 0.25) is 0 Å². The Labute approximate surface area is 494 Å². The normalized spacial score (nSPS) is 14.0. The van der Waals surface area contributed by atoms with Crippen molar-refractivity contribution < 1.29 is 42.9 Å². The van der Waals surface area contributed by atoms with Gasteiger partial charge in [0.25, 0.3) is 0 Å². The van der Waals surface area contributed by atoms with E-state index < -0.39 is 24.3 Å². The molecule has 0 aromatic carbocycles. The monoisotopic (exact) mass is 1120 g/mol. The van der Waals surface area contributed by atoms with Gasteiger partial charge in [-0.2, -0.15) is 0 Å². The minimum atomic E-state index is -1.65. The number of unbranched alkanes of at least 4 members (excludes halogenated alkanes) is 9. The van der Waals surface area contributed by atoms with E-state index in [0.717, 1.165) is 135 Å². The fourth-order valence-corrected chi connectivity index (χ4v) is 7.47. The fraction of sp³-hybridized carbons (Fsp3) is 0.542. The Bertz CT molecular complexity index is 1980. The lowest BCUT2D eigenvalue weighted by molar-refractivity contribution is -0.870. The first-order chi connectivity index (χ1) is 39.6. The molecule has 2 unspecified atom stereocenters. The Hall–Kier alpha value is -5.61. The number of ether oxygens (including phenoxy) is 4. The maximum Gasteiger partial charge on any atom is 0.306 e. The predicted octanol–water partition coefficient (Wildman–Crippen LogP) is 17.6. The van der Waals surface area contributed by atoms with Crippen LogP contribution in [0, 0.1) is 0 Å². The maximum atomic E-state index is 12.9. The van der Waals surface area contributed by atoms with Crippen molar-refractivity contribution in [2.45, 2.75) is 206 Å². The number of carboxylic acid groups (broad SMARTS) is 1. The number of carbonyl (C=O) groups is 3. The number of hydrogen-bond acceptors (Lipinski definition) is 8. The van der Waals surface area contributed by atoms with Crippen molar-refractivity contribution in [2.75, 3.05) is 47.5 Å². The van der Waals surface area contributed by atoms with Crippen molar-refractivity contribution in [3.05, 3.63) is 182 Å². The second-order valence-electron chi connectivity index (χ2n) is 20.9. The van der Waals surface area contributed by atoms with Crippen LogP contribution in [0.5, 0.6) is 0 Å². The Morgan fingerprint density at radius 3 is 1.01 bits per heavy atom. The average molecular weight is 1120 g/mol. The predicted molar refractivity (Wildman–Crippen MR) is 342 cm³/mol. The first-order valence-corrected chi connectivity index (χ1v) is 30.9. The van der Waals surface area contributed by atoms with Gasteiger partial charge in [0.15, 0.2) is 12.4 Å². The number of rotatable bonds is 54. The molecule has 0 N–H and O–H groups in total. The summed E-state index contributed by atoms with van der Waals surface area (Å²) in [5.41, 5.74) is 0. The third-order valence-corrected chi connectivity index (χ3v) is 12.1. The lowest BCUT2D eigenvalue weighted by atomic mass is 10.1. The number of nitrogens with zero attached hydrogens (tertiary/aromatic N) is 1. The topological polar surface area (TPSA) is 111 Å². The Balaban J connectivity index is 4.33. The second-order valence-corrected chi connectivity index (χ2v) is 20.9. The number of allylic oxidation sites excluding steroid dienone is 30. The van der Waals surface area contributed by atoms with Crippen LogP contribution in [0.4, 0.5) is 0 Å². The van der Waals surface area contributed by atoms with Crippen molar-refractivity contribution in [3.63, 3.8) is 0 Å². The number of hydrogen-bond donors (Lipinski definition) is 0. The minimum absolute atomic E-state index is 0.127. The summed E-state index contributed by atoms with van der Waals surface area (Å²) < 4.78 is 22.6. The highest BCUT2D eigenvalue weighted by Gasteiger charge is 2.22. The van der Waals surface area contributed by atoms with E-state index in [1.165, 1.54) is 19.3 Å². The van der Waals surface area contributed by atoms with Gasteiger partial charge in [0.1, 0.15) is 13.2 Å². The van der Waals surface area contributed by atoms with Gasteiger partial charge in [0.2, 0.25) is 0 Å². The van der Waals surface area contributed by atoms with E-state index in [9.17, 15) is 19.5 Å². The van der Waals surface area contributed by atoms with Crippen molar-refractivity contribution >= 4 is 17.9 Å². The van der Waals surface area contributed by atoms with Crippen LogP contribution in [0.15, 0.2) is 182 Å². The molecule has 9 heteroatoms. The lowest BCUT2D eigenvalue weighted by Gasteiger charge is -2.26. The molecule has 0 saturated heterocycles. The highest BCUT2D eigenvalue weighted by atomic mass is 16.7. The molecular weight excluding hydrogens is 1010 g/mol. The lowest BCUT2D eigenvalue weighted by Crippen LogP contribution is -2.44. The van der Waals surface area contributed by atoms with E-state index >= 15 is 0 Å². The van der Waals surface area contributed by atoms with Gasteiger partial charge in [-0.15, -0.1) is 0 Å². The first-order valence-electron chi connectivity index (χ1n) is 30.9. The van der Waals surface area contributed by atoms with Gasteiger partial charge in [-0.1, -0.05) is 228 Å². The number of aliphatic carboxylic acids is 1. The van der Waals surface area contributed by atoms with Crippen molar-refractivity contribution in [3.8, 4) is 0 Å². The van der Waals surface area contributed by atoms with Crippen LogP contribution in [0.25, 0.3) is 0 Å². The third kappa shape index (κ3) is 61.9. The molecule has 2 atom stereocenters. The minimum Gasteiger partial charge on any atom is -0.545 e. The highest BCUT2D eigenvalue weighted by molar-refractivity contribution is 5.70. The molecule has 0 radical (unpaired) electrons. The molecule has 81 heavy (non-hydrogen) atoms.